The maximum Gasteiger partial charge on any atom is 0.271 e. The third-order valence-corrected chi connectivity index (χ3v) is 7.39. The summed E-state index contributed by atoms with van der Waals surface area (Å²) in [4.78, 5) is 27.4. The topological polar surface area (TPSA) is 117 Å². The first-order chi connectivity index (χ1) is 16.0. The summed E-state index contributed by atoms with van der Waals surface area (Å²) in [5.41, 5.74) is 5.91. The minimum atomic E-state index is -3.80. The molecule has 2 aromatic rings. The molecule has 2 aromatic carbocycles. The average molecular weight is 475 g/mol. The van der Waals surface area contributed by atoms with Crippen LogP contribution < -0.4 is 15.8 Å². The Morgan fingerprint density at radius 2 is 1.39 bits per heavy atom. The van der Waals surface area contributed by atoms with Gasteiger partial charge in [-0.1, -0.05) is 18.2 Å². The zero-order chi connectivity index (χ0) is 23.3. The van der Waals surface area contributed by atoms with E-state index in [0.29, 0.717) is 50.8 Å². The van der Waals surface area contributed by atoms with E-state index in [1.54, 1.807) is 36.4 Å². The van der Waals surface area contributed by atoms with Crippen molar-refractivity contribution in [3.05, 3.63) is 59.7 Å². The number of hydrogen-bond acceptors (Lipinski definition) is 7. The van der Waals surface area contributed by atoms with Crippen molar-refractivity contribution in [2.75, 3.05) is 57.5 Å². The summed E-state index contributed by atoms with van der Waals surface area (Å²) in [6, 6.07) is 13.0. The first kappa shape index (κ1) is 23.2. The summed E-state index contributed by atoms with van der Waals surface area (Å²) in [5, 5.41) is 0. The lowest BCUT2D eigenvalue weighted by atomic mass is 10.1. The Bertz CT molecular complexity index is 1100. The van der Waals surface area contributed by atoms with Gasteiger partial charge in [-0.3, -0.25) is 20.4 Å². The van der Waals surface area contributed by atoms with Crippen LogP contribution in [0.2, 0.25) is 0 Å². The quantitative estimate of drug-likeness (QED) is 0.610. The molecule has 2 amide bonds. The second-order valence-corrected chi connectivity index (χ2v) is 9.51. The van der Waals surface area contributed by atoms with E-state index in [-0.39, 0.29) is 23.5 Å². The Balaban J connectivity index is 1.60. The van der Waals surface area contributed by atoms with Crippen molar-refractivity contribution in [1.82, 2.24) is 15.2 Å². The number of carbonyl (C=O) groups excluding carboxylic acids is 2. The van der Waals surface area contributed by atoms with Crippen LogP contribution in [0.4, 0.5) is 5.69 Å². The smallest absolute Gasteiger partial charge is 0.271 e. The van der Waals surface area contributed by atoms with Crippen molar-refractivity contribution in [3.63, 3.8) is 0 Å². The van der Waals surface area contributed by atoms with Gasteiger partial charge < -0.3 is 14.4 Å². The van der Waals surface area contributed by atoms with Crippen molar-refractivity contribution in [2.45, 2.75) is 4.90 Å². The summed E-state index contributed by atoms with van der Waals surface area (Å²) in [7, 11) is -3.80. The van der Waals surface area contributed by atoms with E-state index >= 15 is 0 Å². The molecule has 0 bridgehead atoms. The molecule has 10 nitrogen and oxygen atoms in total. The van der Waals surface area contributed by atoms with Crippen molar-refractivity contribution in [3.8, 4) is 0 Å². The van der Waals surface area contributed by atoms with Crippen LogP contribution in [0.1, 0.15) is 20.7 Å². The number of sulfonamides is 1. The Labute approximate surface area is 192 Å². The maximum atomic E-state index is 13.1. The van der Waals surface area contributed by atoms with Gasteiger partial charge in [0, 0.05) is 37.4 Å². The van der Waals surface area contributed by atoms with E-state index < -0.39 is 21.8 Å². The molecule has 2 saturated heterocycles. The summed E-state index contributed by atoms with van der Waals surface area (Å²) >= 11 is 0. The number of morpholine rings is 2. The van der Waals surface area contributed by atoms with E-state index in [4.69, 9.17) is 9.47 Å². The highest BCUT2D eigenvalue weighted by molar-refractivity contribution is 7.89. The molecule has 2 N–H and O–H groups in total. The molecule has 0 radical (unpaired) electrons. The zero-order valence-electron chi connectivity index (χ0n) is 18.0. The second kappa shape index (κ2) is 10.3. The lowest BCUT2D eigenvalue weighted by Gasteiger charge is -2.31. The fourth-order valence-corrected chi connectivity index (χ4v) is 5.15. The van der Waals surface area contributed by atoms with Crippen LogP contribution in [0.15, 0.2) is 53.4 Å². The van der Waals surface area contributed by atoms with Crippen LogP contribution in [0, 0.1) is 0 Å². The van der Waals surface area contributed by atoms with Crippen LogP contribution in [0.3, 0.4) is 0 Å². The van der Waals surface area contributed by atoms with Crippen LogP contribution in [0.25, 0.3) is 0 Å². The molecule has 4 rings (SSSR count). The molecular formula is C22H26N4O6S. The Hall–Kier alpha value is -2.99. The molecule has 176 valence electrons. The number of ether oxygens (including phenoxy) is 2. The van der Waals surface area contributed by atoms with Crippen molar-refractivity contribution in [2.24, 2.45) is 0 Å². The molecule has 33 heavy (non-hydrogen) atoms. The largest absolute Gasteiger partial charge is 0.379 e. The van der Waals surface area contributed by atoms with Gasteiger partial charge in [-0.05, 0) is 30.3 Å². The summed E-state index contributed by atoms with van der Waals surface area (Å²) in [6.07, 6.45) is 0. The summed E-state index contributed by atoms with van der Waals surface area (Å²) < 4.78 is 38.3. The van der Waals surface area contributed by atoms with Crippen molar-refractivity contribution >= 4 is 27.5 Å². The van der Waals surface area contributed by atoms with Gasteiger partial charge in [0.25, 0.3) is 11.8 Å². The van der Waals surface area contributed by atoms with E-state index in [9.17, 15) is 18.0 Å². The van der Waals surface area contributed by atoms with Gasteiger partial charge in [-0.25, -0.2) is 8.42 Å². The predicted molar refractivity (Wildman–Crippen MR) is 120 cm³/mol. The van der Waals surface area contributed by atoms with Gasteiger partial charge >= 0.3 is 0 Å². The number of hydrogen-bond donors (Lipinski definition) is 2. The minimum absolute atomic E-state index is 0.0148. The molecule has 2 aliphatic rings. The molecule has 0 unspecified atom stereocenters. The monoisotopic (exact) mass is 474 g/mol. The molecule has 2 fully saturated rings. The lowest BCUT2D eigenvalue weighted by molar-refractivity contribution is 0.0730. The van der Waals surface area contributed by atoms with Gasteiger partial charge in [-0.15, -0.1) is 0 Å². The number of benzene rings is 2. The van der Waals surface area contributed by atoms with Crippen LogP contribution >= 0.6 is 0 Å². The lowest BCUT2D eigenvalue weighted by Crippen LogP contribution is -2.43. The molecule has 2 heterocycles. The van der Waals surface area contributed by atoms with Gasteiger partial charge in [0.2, 0.25) is 10.0 Å². The minimum Gasteiger partial charge on any atom is -0.379 e. The van der Waals surface area contributed by atoms with E-state index in [1.807, 2.05) is 4.90 Å². The van der Waals surface area contributed by atoms with E-state index in [0.717, 1.165) is 0 Å². The molecule has 0 atom stereocenters. The number of anilines is 1. The summed E-state index contributed by atoms with van der Waals surface area (Å²) in [6.45, 7) is 3.27. The highest BCUT2D eigenvalue weighted by Gasteiger charge is 2.29. The first-order valence-electron chi connectivity index (χ1n) is 10.7. The third-order valence-electron chi connectivity index (χ3n) is 5.50. The summed E-state index contributed by atoms with van der Waals surface area (Å²) in [5.74, 6) is -1.09. The number of carbonyl (C=O) groups is 2. The van der Waals surface area contributed by atoms with Crippen molar-refractivity contribution in [1.29, 1.82) is 0 Å². The standard InChI is InChI=1S/C22H26N4O6S/c27-21(17-4-2-1-3-5-17)23-24-22(28)19-16-18(33(29,30)26-10-14-32-15-11-26)6-7-20(19)25-8-12-31-13-9-25/h1-7,16H,8-15H2,(H,23,27)(H,24,28). The number of rotatable bonds is 5. The van der Waals surface area contributed by atoms with Gasteiger partial charge in [0.15, 0.2) is 0 Å². The third kappa shape index (κ3) is 5.33. The zero-order valence-corrected chi connectivity index (χ0v) is 18.8. The number of amides is 2. The van der Waals surface area contributed by atoms with Crippen molar-refractivity contribution < 1.29 is 27.5 Å². The maximum absolute atomic E-state index is 13.1. The molecular weight excluding hydrogens is 448 g/mol. The molecule has 0 aromatic heterocycles. The number of hydrazine groups is 1. The van der Waals surface area contributed by atoms with Crippen LogP contribution in [-0.4, -0.2) is 77.1 Å². The fourth-order valence-electron chi connectivity index (χ4n) is 3.72. The molecule has 0 aliphatic carbocycles. The number of nitrogens with one attached hydrogen (secondary N) is 2. The average Bonchev–Trinajstić information content (AvgIpc) is 2.88. The normalized spacial score (nSPS) is 17.4. The van der Waals surface area contributed by atoms with Crippen LogP contribution in [0.5, 0.6) is 0 Å². The second-order valence-electron chi connectivity index (χ2n) is 7.57. The fraction of sp³-hybridized carbons (Fsp3) is 0.364. The van der Waals surface area contributed by atoms with Crippen LogP contribution in [-0.2, 0) is 19.5 Å². The van der Waals surface area contributed by atoms with Gasteiger partial charge in [-0.2, -0.15) is 4.31 Å². The first-order valence-corrected chi connectivity index (χ1v) is 12.1. The number of nitrogens with zero attached hydrogens (tertiary/aromatic N) is 2. The van der Waals surface area contributed by atoms with Gasteiger partial charge in [0.05, 0.1) is 36.9 Å². The molecule has 0 spiro atoms. The molecule has 11 heteroatoms. The van der Waals surface area contributed by atoms with E-state index in [1.165, 1.54) is 16.4 Å². The Morgan fingerprint density at radius 1 is 0.788 bits per heavy atom. The van der Waals surface area contributed by atoms with Gasteiger partial charge in [0.1, 0.15) is 0 Å². The molecule has 2 aliphatic heterocycles. The predicted octanol–water partition coefficient (Wildman–Crippen LogP) is 0.619. The van der Waals surface area contributed by atoms with E-state index in [2.05, 4.69) is 10.9 Å². The highest BCUT2D eigenvalue weighted by Crippen LogP contribution is 2.27. The SMILES string of the molecule is O=C(NNC(=O)c1cc(S(=O)(=O)N2CCOCC2)ccc1N1CCOCC1)c1ccccc1. The Morgan fingerprint density at radius 3 is 2.06 bits per heavy atom. The molecule has 0 saturated carbocycles. The highest BCUT2D eigenvalue weighted by atomic mass is 32.2. The Kier molecular flexibility index (Phi) is 7.23.